The summed E-state index contributed by atoms with van der Waals surface area (Å²) in [6.45, 7) is 2.33. The Labute approximate surface area is 206 Å². The van der Waals surface area contributed by atoms with E-state index in [9.17, 15) is 14.0 Å². The maximum Gasteiger partial charge on any atom is 0.293 e. The normalized spacial score (nSPS) is 14.7. The third-order valence-corrected chi connectivity index (χ3v) is 6.50. The van der Waals surface area contributed by atoms with Gasteiger partial charge in [-0.3, -0.25) is 14.5 Å². The summed E-state index contributed by atoms with van der Waals surface area (Å²) in [6, 6.07) is 16.9. The molecule has 1 heterocycles. The minimum atomic E-state index is -0.357. The highest BCUT2D eigenvalue weighted by Gasteiger charge is 2.35. The van der Waals surface area contributed by atoms with E-state index in [1.165, 1.54) is 24.1 Å². The monoisotopic (exact) mass is 497 g/mol. The Morgan fingerprint density at radius 1 is 1.09 bits per heavy atom. The van der Waals surface area contributed by atoms with E-state index in [2.05, 4.69) is 0 Å². The van der Waals surface area contributed by atoms with E-state index in [1.807, 2.05) is 31.2 Å². The summed E-state index contributed by atoms with van der Waals surface area (Å²) < 4.78 is 24.4. The summed E-state index contributed by atoms with van der Waals surface area (Å²) in [6.07, 6.45) is 1.61. The second kappa shape index (κ2) is 10.3. The molecule has 0 saturated carbocycles. The first-order chi connectivity index (χ1) is 16.4. The van der Waals surface area contributed by atoms with Gasteiger partial charge in [0.05, 0.1) is 23.6 Å². The fraction of sp³-hybridized carbons (Fsp3) is 0.154. The molecule has 1 aliphatic heterocycles. The minimum absolute atomic E-state index is 0.174. The van der Waals surface area contributed by atoms with Crippen LogP contribution in [0.3, 0.4) is 0 Å². The number of aryl methyl sites for hydroxylation is 1. The van der Waals surface area contributed by atoms with Gasteiger partial charge in [-0.1, -0.05) is 48.0 Å². The fourth-order valence-electron chi connectivity index (χ4n) is 3.44. The molecule has 174 valence electrons. The van der Waals surface area contributed by atoms with Crippen LogP contribution in [0.5, 0.6) is 11.5 Å². The molecule has 0 aromatic heterocycles. The molecule has 0 unspecified atom stereocenters. The SMILES string of the molecule is COc1cc(/C=C2\SC(=O)N(Cc3ccccc3C)C2=O)cc(Cl)c1OCc1ccc(F)cc1. The number of carbonyl (C=O) groups excluding carboxylic acids is 2. The van der Waals surface area contributed by atoms with Gasteiger partial charge in [0.2, 0.25) is 0 Å². The first kappa shape index (κ1) is 23.9. The lowest BCUT2D eigenvalue weighted by Gasteiger charge is -2.14. The molecule has 8 heteroatoms. The van der Waals surface area contributed by atoms with Crippen molar-refractivity contribution in [1.29, 1.82) is 0 Å². The van der Waals surface area contributed by atoms with Crippen molar-refractivity contribution in [1.82, 2.24) is 4.90 Å². The van der Waals surface area contributed by atoms with Crippen molar-refractivity contribution in [2.45, 2.75) is 20.1 Å². The van der Waals surface area contributed by atoms with Gasteiger partial charge in [-0.2, -0.15) is 0 Å². The van der Waals surface area contributed by atoms with E-state index in [0.29, 0.717) is 22.0 Å². The largest absolute Gasteiger partial charge is 0.493 e. The summed E-state index contributed by atoms with van der Waals surface area (Å²) in [7, 11) is 1.48. The Morgan fingerprint density at radius 2 is 1.82 bits per heavy atom. The van der Waals surface area contributed by atoms with E-state index in [1.54, 1.807) is 30.3 Å². The Kier molecular flexibility index (Phi) is 7.24. The van der Waals surface area contributed by atoms with E-state index in [0.717, 1.165) is 28.5 Å². The molecule has 0 spiro atoms. The summed E-state index contributed by atoms with van der Waals surface area (Å²) >= 11 is 7.33. The van der Waals surface area contributed by atoms with E-state index < -0.39 is 0 Å². The quantitative estimate of drug-likeness (QED) is 0.344. The van der Waals surface area contributed by atoms with Gasteiger partial charge < -0.3 is 9.47 Å². The number of hydrogen-bond donors (Lipinski definition) is 0. The number of thioether (sulfide) groups is 1. The molecule has 34 heavy (non-hydrogen) atoms. The van der Waals surface area contributed by atoms with Crippen molar-refractivity contribution in [2.75, 3.05) is 7.11 Å². The zero-order valence-electron chi connectivity index (χ0n) is 18.5. The molecule has 5 nitrogen and oxygen atoms in total. The zero-order chi connectivity index (χ0) is 24.2. The average Bonchev–Trinajstić information content (AvgIpc) is 3.07. The fourth-order valence-corrected chi connectivity index (χ4v) is 4.56. The predicted molar refractivity (Wildman–Crippen MR) is 131 cm³/mol. The molecule has 3 aromatic carbocycles. The highest BCUT2D eigenvalue weighted by molar-refractivity contribution is 8.18. The van der Waals surface area contributed by atoms with Gasteiger partial charge in [0.15, 0.2) is 11.5 Å². The predicted octanol–water partition coefficient (Wildman–Crippen LogP) is 6.61. The van der Waals surface area contributed by atoms with Crippen LogP contribution < -0.4 is 9.47 Å². The van der Waals surface area contributed by atoms with E-state index in [-0.39, 0.29) is 35.1 Å². The van der Waals surface area contributed by atoms with Gasteiger partial charge in [-0.15, -0.1) is 0 Å². The molecule has 2 amide bonds. The first-order valence-corrected chi connectivity index (χ1v) is 11.6. The van der Waals surface area contributed by atoms with Crippen LogP contribution in [0.1, 0.15) is 22.3 Å². The van der Waals surface area contributed by atoms with Gasteiger partial charge in [-0.25, -0.2) is 4.39 Å². The number of amides is 2. The highest BCUT2D eigenvalue weighted by Crippen LogP contribution is 2.39. The minimum Gasteiger partial charge on any atom is -0.493 e. The number of imide groups is 1. The van der Waals surface area contributed by atoms with Crippen LogP contribution in [0.25, 0.3) is 6.08 Å². The van der Waals surface area contributed by atoms with Crippen LogP contribution in [-0.2, 0) is 17.9 Å². The molecular weight excluding hydrogens is 477 g/mol. The summed E-state index contributed by atoms with van der Waals surface area (Å²) in [5, 5.41) is -0.0383. The van der Waals surface area contributed by atoms with Crippen molar-refractivity contribution in [3.8, 4) is 11.5 Å². The Bertz CT molecular complexity index is 1280. The van der Waals surface area contributed by atoms with Crippen molar-refractivity contribution in [2.24, 2.45) is 0 Å². The van der Waals surface area contributed by atoms with Crippen molar-refractivity contribution >= 4 is 40.6 Å². The summed E-state index contributed by atoms with van der Waals surface area (Å²) in [4.78, 5) is 27.0. The Balaban J connectivity index is 1.53. The molecule has 1 fully saturated rings. The number of methoxy groups -OCH3 is 1. The molecule has 0 aliphatic carbocycles. The summed E-state index contributed by atoms with van der Waals surface area (Å²) in [5.74, 6) is 0.0234. The van der Waals surface area contributed by atoms with E-state index in [4.69, 9.17) is 21.1 Å². The molecule has 0 bridgehead atoms. The Hall–Kier alpha value is -3.29. The third-order valence-electron chi connectivity index (χ3n) is 5.31. The van der Waals surface area contributed by atoms with Crippen molar-refractivity contribution in [3.63, 3.8) is 0 Å². The number of carbonyl (C=O) groups is 2. The maximum atomic E-state index is 13.1. The van der Waals surface area contributed by atoms with Crippen LogP contribution >= 0.6 is 23.4 Å². The van der Waals surface area contributed by atoms with Gasteiger partial charge in [0, 0.05) is 0 Å². The second-order valence-electron chi connectivity index (χ2n) is 7.64. The number of halogens is 2. The number of ether oxygens (including phenoxy) is 2. The number of hydrogen-bond acceptors (Lipinski definition) is 5. The molecule has 0 atom stereocenters. The highest BCUT2D eigenvalue weighted by atomic mass is 35.5. The van der Waals surface area contributed by atoms with Gasteiger partial charge in [0.1, 0.15) is 12.4 Å². The van der Waals surface area contributed by atoms with Gasteiger partial charge >= 0.3 is 0 Å². The molecular formula is C26H21ClFNO4S. The van der Waals surface area contributed by atoms with Crippen LogP contribution in [0.15, 0.2) is 65.6 Å². The topological polar surface area (TPSA) is 55.8 Å². The second-order valence-corrected chi connectivity index (χ2v) is 9.04. The first-order valence-electron chi connectivity index (χ1n) is 10.4. The van der Waals surface area contributed by atoms with Crippen LogP contribution in [-0.4, -0.2) is 23.2 Å². The summed E-state index contributed by atoms with van der Waals surface area (Å²) in [5.41, 5.74) is 3.29. The maximum absolute atomic E-state index is 13.1. The van der Waals surface area contributed by atoms with Gasteiger partial charge in [0.25, 0.3) is 11.1 Å². The Morgan fingerprint density at radius 3 is 2.53 bits per heavy atom. The van der Waals surface area contributed by atoms with Crippen LogP contribution in [0, 0.1) is 12.7 Å². The van der Waals surface area contributed by atoms with Crippen LogP contribution in [0.2, 0.25) is 5.02 Å². The lowest BCUT2D eigenvalue weighted by atomic mass is 10.1. The van der Waals surface area contributed by atoms with Crippen LogP contribution in [0.4, 0.5) is 9.18 Å². The smallest absolute Gasteiger partial charge is 0.293 e. The molecule has 3 aromatic rings. The third kappa shape index (κ3) is 5.26. The number of benzene rings is 3. The number of rotatable bonds is 7. The molecule has 1 aliphatic rings. The van der Waals surface area contributed by atoms with E-state index >= 15 is 0 Å². The van der Waals surface area contributed by atoms with Crippen molar-refractivity contribution < 1.29 is 23.5 Å². The zero-order valence-corrected chi connectivity index (χ0v) is 20.1. The molecule has 1 saturated heterocycles. The molecule has 4 rings (SSSR count). The molecule has 0 N–H and O–H groups in total. The number of nitrogens with zero attached hydrogens (tertiary/aromatic N) is 1. The van der Waals surface area contributed by atoms with Crippen molar-refractivity contribution in [3.05, 3.63) is 98.7 Å². The lowest BCUT2D eigenvalue weighted by Crippen LogP contribution is -2.27. The standard InChI is InChI=1S/C26H21ClFNO4S/c1-16-5-3-4-6-19(16)14-29-25(30)23(34-26(29)31)13-18-11-21(27)24(22(12-18)32-2)33-15-17-7-9-20(28)10-8-17/h3-13H,14-15H2,1-2H3/b23-13-. The van der Waals surface area contributed by atoms with Gasteiger partial charge in [-0.05, 0) is 71.3 Å². The average molecular weight is 498 g/mol. The lowest BCUT2D eigenvalue weighted by molar-refractivity contribution is -0.123. The molecule has 0 radical (unpaired) electrons.